The second-order valence-electron chi connectivity index (χ2n) is 7.50. The van der Waals surface area contributed by atoms with Crippen molar-refractivity contribution in [1.29, 1.82) is 0 Å². The summed E-state index contributed by atoms with van der Waals surface area (Å²) in [4.78, 5) is 5.26. The van der Waals surface area contributed by atoms with Crippen LogP contribution in [0.2, 0.25) is 0 Å². The van der Waals surface area contributed by atoms with Crippen LogP contribution in [0.15, 0.2) is 24.3 Å². The molecule has 2 aliphatic rings. The third-order valence-corrected chi connectivity index (χ3v) is 5.81. The maximum atomic E-state index is 9.53. The average Bonchev–Trinajstić information content (AvgIpc) is 2.66. The molecule has 25 heavy (non-hydrogen) atoms. The van der Waals surface area contributed by atoms with Crippen molar-refractivity contribution in [1.82, 2.24) is 9.80 Å². The number of nitrogens with zero attached hydrogens (tertiary/aromatic N) is 2. The lowest BCUT2D eigenvalue weighted by Crippen LogP contribution is -2.56. The SMILES string of the molecule is CCOc1ccc(CN2CCN(C3CCCCC3)C[C@H]2CCO)cc1. The van der Waals surface area contributed by atoms with Crippen molar-refractivity contribution in [2.24, 2.45) is 0 Å². The van der Waals surface area contributed by atoms with Gasteiger partial charge in [-0.1, -0.05) is 31.4 Å². The first kappa shape index (κ1) is 18.7. The van der Waals surface area contributed by atoms with Crippen LogP contribution in [-0.4, -0.2) is 59.8 Å². The molecule has 0 spiro atoms. The topological polar surface area (TPSA) is 35.9 Å². The van der Waals surface area contributed by atoms with E-state index in [0.717, 1.165) is 37.8 Å². The second-order valence-corrected chi connectivity index (χ2v) is 7.50. The first-order chi connectivity index (χ1) is 12.3. The fourth-order valence-electron chi connectivity index (χ4n) is 4.42. The van der Waals surface area contributed by atoms with E-state index in [4.69, 9.17) is 4.74 Å². The quantitative estimate of drug-likeness (QED) is 0.822. The highest BCUT2D eigenvalue weighted by Crippen LogP contribution is 2.26. The molecule has 0 aromatic heterocycles. The van der Waals surface area contributed by atoms with E-state index in [1.165, 1.54) is 44.2 Å². The van der Waals surface area contributed by atoms with Gasteiger partial charge >= 0.3 is 0 Å². The molecule has 0 bridgehead atoms. The number of hydrogen-bond donors (Lipinski definition) is 1. The summed E-state index contributed by atoms with van der Waals surface area (Å²) in [5.41, 5.74) is 1.33. The zero-order valence-corrected chi connectivity index (χ0v) is 15.7. The Morgan fingerprint density at radius 2 is 1.84 bits per heavy atom. The smallest absolute Gasteiger partial charge is 0.119 e. The van der Waals surface area contributed by atoms with E-state index < -0.39 is 0 Å². The summed E-state index contributed by atoms with van der Waals surface area (Å²) < 4.78 is 5.54. The highest BCUT2D eigenvalue weighted by atomic mass is 16.5. The molecule has 1 heterocycles. The Morgan fingerprint density at radius 3 is 2.52 bits per heavy atom. The molecule has 140 valence electrons. The third-order valence-electron chi connectivity index (χ3n) is 5.81. The maximum absolute atomic E-state index is 9.53. The molecular formula is C21H34N2O2. The van der Waals surface area contributed by atoms with E-state index in [2.05, 4.69) is 34.1 Å². The summed E-state index contributed by atoms with van der Waals surface area (Å²) >= 11 is 0. The molecule has 2 fully saturated rings. The van der Waals surface area contributed by atoms with E-state index in [1.54, 1.807) is 0 Å². The van der Waals surface area contributed by atoms with Gasteiger partial charge in [0, 0.05) is 44.9 Å². The zero-order chi connectivity index (χ0) is 17.5. The van der Waals surface area contributed by atoms with Crippen molar-refractivity contribution in [2.45, 2.75) is 64.1 Å². The normalized spacial score (nSPS) is 23.7. The summed E-state index contributed by atoms with van der Waals surface area (Å²) in [6.07, 6.45) is 7.80. The van der Waals surface area contributed by atoms with Gasteiger partial charge in [-0.25, -0.2) is 0 Å². The fraction of sp³-hybridized carbons (Fsp3) is 0.714. The van der Waals surface area contributed by atoms with Gasteiger partial charge in [-0.3, -0.25) is 9.80 Å². The van der Waals surface area contributed by atoms with Gasteiger partial charge in [-0.2, -0.15) is 0 Å². The van der Waals surface area contributed by atoms with Gasteiger partial charge in [-0.05, 0) is 43.9 Å². The van der Waals surface area contributed by atoms with Crippen LogP contribution in [-0.2, 0) is 6.54 Å². The van der Waals surface area contributed by atoms with Gasteiger partial charge in [0.15, 0.2) is 0 Å². The molecular weight excluding hydrogens is 312 g/mol. The minimum absolute atomic E-state index is 0.281. The molecule has 1 saturated carbocycles. The molecule has 3 rings (SSSR count). The molecule has 1 aliphatic heterocycles. The van der Waals surface area contributed by atoms with Crippen molar-refractivity contribution in [3.05, 3.63) is 29.8 Å². The van der Waals surface area contributed by atoms with Crippen LogP contribution < -0.4 is 4.74 Å². The van der Waals surface area contributed by atoms with Gasteiger partial charge in [0.2, 0.25) is 0 Å². The van der Waals surface area contributed by atoms with Crippen LogP contribution in [0.25, 0.3) is 0 Å². The Bertz CT molecular complexity index is 499. The second kappa shape index (κ2) is 9.56. The minimum Gasteiger partial charge on any atom is -0.494 e. The number of hydrogen-bond acceptors (Lipinski definition) is 4. The molecule has 4 heteroatoms. The van der Waals surface area contributed by atoms with Crippen LogP contribution in [0.3, 0.4) is 0 Å². The number of piperazine rings is 1. The molecule has 1 atom stereocenters. The highest BCUT2D eigenvalue weighted by molar-refractivity contribution is 5.27. The van der Waals surface area contributed by atoms with Gasteiger partial charge < -0.3 is 9.84 Å². The van der Waals surface area contributed by atoms with Crippen LogP contribution in [0.1, 0.15) is 51.0 Å². The fourth-order valence-corrected chi connectivity index (χ4v) is 4.42. The lowest BCUT2D eigenvalue weighted by atomic mass is 9.92. The molecule has 1 aromatic rings. The van der Waals surface area contributed by atoms with E-state index in [1.807, 2.05) is 6.92 Å². The molecule has 4 nitrogen and oxygen atoms in total. The van der Waals surface area contributed by atoms with E-state index in [0.29, 0.717) is 12.6 Å². The van der Waals surface area contributed by atoms with Crippen LogP contribution in [0, 0.1) is 0 Å². The number of benzene rings is 1. The maximum Gasteiger partial charge on any atom is 0.119 e. The number of aliphatic hydroxyl groups is 1. The molecule has 0 amide bonds. The average molecular weight is 347 g/mol. The van der Waals surface area contributed by atoms with Gasteiger partial charge in [-0.15, -0.1) is 0 Å². The van der Waals surface area contributed by atoms with E-state index >= 15 is 0 Å². The van der Waals surface area contributed by atoms with E-state index in [-0.39, 0.29) is 6.61 Å². The minimum atomic E-state index is 0.281. The third kappa shape index (κ3) is 5.19. The Morgan fingerprint density at radius 1 is 1.08 bits per heavy atom. The Balaban J connectivity index is 1.58. The number of rotatable bonds is 7. The molecule has 1 aliphatic carbocycles. The molecule has 1 aromatic carbocycles. The van der Waals surface area contributed by atoms with Crippen molar-refractivity contribution in [3.63, 3.8) is 0 Å². The summed E-state index contributed by atoms with van der Waals surface area (Å²) in [6.45, 7) is 7.36. The van der Waals surface area contributed by atoms with Gasteiger partial charge in [0.25, 0.3) is 0 Å². The van der Waals surface area contributed by atoms with Gasteiger partial charge in [0.1, 0.15) is 5.75 Å². The molecule has 0 unspecified atom stereocenters. The zero-order valence-electron chi connectivity index (χ0n) is 15.7. The first-order valence-electron chi connectivity index (χ1n) is 10.1. The van der Waals surface area contributed by atoms with Crippen molar-refractivity contribution in [2.75, 3.05) is 32.8 Å². The van der Waals surface area contributed by atoms with E-state index in [9.17, 15) is 5.11 Å². The summed E-state index contributed by atoms with van der Waals surface area (Å²) in [5.74, 6) is 0.945. The van der Waals surface area contributed by atoms with Crippen molar-refractivity contribution in [3.8, 4) is 5.75 Å². The molecule has 0 radical (unpaired) electrons. The van der Waals surface area contributed by atoms with Crippen molar-refractivity contribution >= 4 is 0 Å². The number of ether oxygens (including phenoxy) is 1. The summed E-state index contributed by atoms with van der Waals surface area (Å²) in [7, 11) is 0. The summed E-state index contributed by atoms with van der Waals surface area (Å²) in [6, 6.07) is 9.73. The molecule has 1 N–H and O–H groups in total. The Kier molecular flexibility index (Phi) is 7.14. The van der Waals surface area contributed by atoms with Crippen LogP contribution in [0.4, 0.5) is 0 Å². The van der Waals surface area contributed by atoms with Crippen molar-refractivity contribution < 1.29 is 9.84 Å². The standard InChI is InChI=1S/C21H34N2O2/c1-2-25-21-10-8-18(9-11-21)16-22-13-14-23(17-20(22)12-15-24)19-6-4-3-5-7-19/h8-11,19-20,24H,2-7,12-17H2,1H3/t20-/m1/s1. The predicted octanol–water partition coefficient (Wildman–Crippen LogP) is 3.29. The van der Waals surface area contributed by atoms with Crippen LogP contribution >= 0.6 is 0 Å². The lowest BCUT2D eigenvalue weighted by Gasteiger charge is -2.45. The Labute approximate surface area is 152 Å². The number of aliphatic hydroxyl groups excluding tert-OH is 1. The predicted molar refractivity (Wildman–Crippen MR) is 102 cm³/mol. The van der Waals surface area contributed by atoms with Crippen LogP contribution in [0.5, 0.6) is 5.75 Å². The Hall–Kier alpha value is -1.10. The first-order valence-corrected chi connectivity index (χ1v) is 10.1. The molecule has 1 saturated heterocycles. The highest BCUT2D eigenvalue weighted by Gasteiger charge is 2.31. The largest absolute Gasteiger partial charge is 0.494 e. The monoisotopic (exact) mass is 346 g/mol. The summed E-state index contributed by atoms with van der Waals surface area (Å²) in [5, 5.41) is 9.53. The van der Waals surface area contributed by atoms with Gasteiger partial charge in [0.05, 0.1) is 6.61 Å². The lowest BCUT2D eigenvalue weighted by molar-refractivity contribution is 0.0222.